The summed E-state index contributed by atoms with van der Waals surface area (Å²) in [7, 11) is 4.70. The standard InChI is InChI=1S/C24H28N2O6S/c1-29-18-12-16(13-19(30-2)24(18)31-3)21-14-22(27)26(17-6-4-5-7-20(17)33-21)15-23(28)25-8-10-32-11-9-25/h4-7,12-13,21H,8-11,14-15H2,1-3H3. The molecule has 2 aromatic carbocycles. The van der Waals surface area contributed by atoms with Gasteiger partial charge in [0.15, 0.2) is 11.5 Å². The van der Waals surface area contributed by atoms with E-state index in [1.165, 1.54) is 0 Å². The highest BCUT2D eigenvalue weighted by atomic mass is 32.2. The van der Waals surface area contributed by atoms with Crippen molar-refractivity contribution < 1.29 is 28.5 Å². The molecule has 1 fully saturated rings. The first-order valence-electron chi connectivity index (χ1n) is 10.8. The van der Waals surface area contributed by atoms with Gasteiger partial charge in [0.25, 0.3) is 0 Å². The number of carbonyl (C=O) groups excluding carboxylic acids is 2. The predicted molar refractivity (Wildman–Crippen MR) is 126 cm³/mol. The summed E-state index contributed by atoms with van der Waals surface area (Å²) < 4.78 is 21.8. The van der Waals surface area contributed by atoms with Gasteiger partial charge in [-0.3, -0.25) is 9.59 Å². The van der Waals surface area contributed by atoms with Gasteiger partial charge in [-0.1, -0.05) is 12.1 Å². The topological polar surface area (TPSA) is 77.5 Å². The number of anilines is 1. The maximum absolute atomic E-state index is 13.4. The Balaban J connectivity index is 1.65. The number of morpholine rings is 1. The van der Waals surface area contributed by atoms with Crippen LogP contribution in [-0.2, 0) is 14.3 Å². The summed E-state index contributed by atoms with van der Waals surface area (Å²) in [5.41, 5.74) is 1.64. The van der Waals surface area contributed by atoms with Crippen LogP contribution in [0.5, 0.6) is 17.2 Å². The number of nitrogens with zero attached hydrogens (tertiary/aromatic N) is 2. The molecule has 33 heavy (non-hydrogen) atoms. The smallest absolute Gasteiger partial charge is 0.242 e. The summed E-state index contributed by atoms with van der Waals surface area (Å²) in [5.74, 6) is 1.41. The van der Waals surface area contributed by atoms with Gasteiger partial charge in [-0.05, 0) is 29.8 Å². The fourth-order valence-electron chi connectivity index (χ4n) is 4.07. The molecule has 0 N–H and O–H groups in total. The van der Waals surface area contributed by atoms with E-state index >= 15 is 0 Å². The Kier molecular flexibility index (Phi) is 7.29. The van der Waals surface area contributed by atoms with Crippen molar-refractivity contribution >= 4 is 29.3 Å². The molecule has 176 valence electrons. The van der Waals surface area contributed by atoms with Crippen molar-refractivity contribution in [3.63, 3.8) is 0 Å². The third-order valence-electron chi connectivity index (χ3n) is 5.80. The second-order valence-electron chi connectivity index (χ2n) is 7.71. The van der Waals surface area contributed by atoms with Crippen molar-refractivity contribution in [3.8, 4) is 17.2 Å². The molecule has 0 aliphatic carbocycles. The largest absolute Gasteiger partial charge is 0.493 e. The SMILES string of the molecule is COc1cc(C2CC(=O)N(CC(=O)N3CCOCC3)c3ccccc3S2)cc(OC)c1OC. The van der Waals surface area contributed by atoms with Crippen molar-refractivity contribution in [2.45, 2.75) is 16.6 Å². The van der Waals surface area contributed by atoms with Crippen LogP contribution in [0.15, 0.2) is 41.3 Å². The highest BCUT2D eigenvalue weighted by Gasteiger charge is 2.32. The molecular weight excluding hydrogens is 444 g/mol. The summed E-state index contributed by atoms with van der Waals surface area (Å²) in [5, 5.41) is -0.184. The molecule has 0 saturated carbocycles. The molecule has 2 aliphatic rings. The van der Waals surface area contributed by atoms with Crippen molar-refractivity contribution in [3.05, 3.63) is 42.0 Å². The van der Waals surface area contributed by atoms with Gasteiger partial charge in [-0.25, -0.2) is 0 Å². The number of carbonyl (C=O) groups is 2. The van der Waals surface area contributed by atoms with Crippen LogP contribution in [0.25, 0.3) is 0 Å². The minimum atomic E-state index is -0.184. The van der Waals surface area contributed by atoms with Crippen molar-refractivity contribution in [1.29, 1.82) is 0 Å². The Morgan fingerprint density at radius 1 is 1.06 bits per heavy atom. The van der Waals surface area contributed by atoms with Crippen molar-refractivity contribution in [1.82, 2.24) is 4.90 Å². The minimum absolute atomic E-state index is 0.0123. The van der Waals surface area contributed by atoms with Gasteiger partial charge in [-0.15, -0.1) is 11.8 Å². The predicted octanol–water partition coefficient (Wildman–Crippen LogP) is 3.14. The van der Waals surface area contributed by atoms with Gasteiger partial charge < -0.3 is 28.7 Å². The summed E-state index contributed by atoms with van der Waals surface area (Å²) in [4.78, 5) is 30.7. The number of para-hydroxylation sites is 1. The van der Waals surface area contributed by atoms with Crippen molar-refractivity contribution in [2.24, 2.45) is 0 Å². The van der Waals surface area contributed by atoms with Crippen LogP contribution in [-0.4, -0.2) is 70.9 Å². The van der Waals surface area contributed by atoms with E-state index in [4.69, 9.17) is 18.9 Å². The number of hydrogen-bond acceptors (Lipinski definition) is 7. The summed E-state index contributed by atoms with van der Waals surface area (Å²) in [6.45, 7) is 2.15. The lowest BCUT2D eigenvalue weighted by molar-refractivity contribution is -0.135. The number of ether oxygens (including phenoxy) is 4. The lowest BCUT2D eigenvalue weighted by Gasteiger charge is -2.30. The molecular formula is C24H28N2O6S. The van der Waals surface area contributed by atoms with E-state index in [-0.39, 0.29) is 30.0 Å². The van der Waals surface area contributed by atoms with E-state index in [0.717, 1.165) is 16.1 Å². The first kappa shape index (κ1) is 23.3. The van der Waals surface area contributed by atoms with Gasteiger partial charge in [0.1, 0.15) is 6.54 Å². The van der Waals surface area contributed by atoms with E-state index in [1.54, 1.807) is 42.9 Å². The molecule has 2 aromatic rings. The Morgan fingerprint density at radius 3 is 2.36 bits per heavy atom. The quantitative estimate of drug-likeness (QED) is 0.639. The van der Waals surface area contributed by atoms with Gasteiger partial charge in [0.2, 0.25) is 17.6 Å². The first-order chi connectivity index (χ1) is 16.0. The van der Waals surface area contributed by atoms with E-state index in [0.29, 0.717) is 43.6 Å². The molecule has 0 bridgehead atoms. The summed E-state index contributed by atoms with van der Waals surface area (Å²) >= 11 is 1.59. The van der Waals surface area contributed by atoms with Crippen LogP contribution >= 0.6 is 11.8 Å². The zero-order chi connectivity index (χ0) is 23.4. The fraction of sp³-hybridized carbons (Fsp3) is 0.417. The third kappa shape index (κ3) is 4.89. The van der Waals surface area contributed by atoms with Crippen LogP contribution in [0.2, 0.25) is 0 Å². The summed E-state index contributed by atoms with van der Waals surface area (Å²) in [6, 6.07) is 11.5. The number of thioether (sulfide) groups is 1. The molecule has 9 heteroatoms. The monoisotopic (exact) mass is 472 g/mol. The first-order valence-corrected chi connectivity index (χ1v) is 11.6. The number of methoxy groups -OCH3 is 3. The molecule has 1 unspecified atom stereocenters. The Bertz CT molecular complexity index is 999. The van der Waals surface area contributed by atoms with Crippen molar-refractivity contribution in [2.75, 3.05) is 59.1 Å². The molecule has 0 spiro atoms. The van der Waals surface area contributed by atoms with Gasteiger partial charge in [0, 0.05) is 29.7 Å². The number of rotatable bonds is 6. The molecule has 2 aliphatic heterocycles. The molecule has 2 amide bonds. The Hall–Kier alpha value is -2.91. The highest BCUT2D eigenvalue weighted by Crippen LogP contribution is 2.49. The number of fused-ring (bicyclic) bond motifs is 1. The normalized spacial score (nSPS) is 18.4. The zero-order valence-corrected chi connectivity index (χ0v) is 19.9. The molecule has 8 nitrogen and oxygen atoms in total. The Labute approximate surface area is 197 Å². The number of hydrogen-bond donors (Lipinski definition) is 0. The molecule has 4 rings (SSSR count). The zero-order valence-electron chi connectivity index (χ0n) is 19.0. The maximum atomic E-state index is 13.4. The van der Waals surface area contributed by atoms with Crippen LogP contribution in [0.3, 0.4) is 0 Å². The van der Waals surface area contributed by atoms with Gasteiger partial charge in [-0.2, -0.15) is 0 Å². The average molecular weight is 473 g/mol. The van der Waals surface area contributed by atoms with E-state index in [9.17, 15) is 9.59 Å². The minimum Gasteiger partial charge on any atom is -0.493 e. The molecule has 1 saturated heterocycles. The maximum Gasteiger partial charge on any atom is 0.242 e. The number of amides is 2. The Morgan fingerprint density at radius 2 is 1.73 bits per heavy atom. The highest BCUT2D eigenvalue weighted by molar-refractivity contribution is 7.99. The fourth-order valence-corrected chi connectivity index (χ4v) is 5.33. The third-order valence-corrected chi connectivity index (χ3v) is 7.12. The number of benzene rings is 2. The lowest BCUT2D eigenvalue weighted by Crippen LogP contribution is -2.47. The second-order valence-corrected chi connectivity index (χ2v) is 8.95. The van der Waals surface area contributed by atoms with Crippen LogP contribution in [0, 0.1) is 0 Å². The van der Waals surface area contributed by atoms with E-state index in [1.807, 2.05) is 36.4 Å². The molecule has 2 heterocycles. The summed E-state index contributed by atoms with van der Waals surface area (Å²) in [6.07, 6.45) is 0.231. The molecule has 0 aromatic heterocycles. The lowest BCUT2D eigenvalue weighted by atomic mass is 10.1. The second kappa shape index (κ2) is 10.4. The van der Waals surface area contributed by atoms with E-state index < -0.39 is 0 Å². The van der Waals surface area contributed by atoms with Crippen LogP contribution in [0.1, 0.15) is 17.2 Å². The van der Waals surface area contributed by atoms with Crippen LogP contribution < -0.4 is 19.1 Å². The molecule has 1 atom stereocenters. The van der Waals surface area contributed by atoms with E-state index in [2.05, 4.69) is 0 Å². The average Bonchev–Trinajstić information content (AvgIpc) is 2.99. The van der Waals surface area contributed by atoms with Gasteiger partial charge in [0.05, 0.1) is 40.2 Å². The van der Waals surface area contributed by atoms with Crippen LogP contribution in [0.4, 0.5) is 5.69 Å². The van der Waals surface area contributed by atoms with Gasteiger partial charge >= 0.3 is 0 Å². The molecule has 0 radical (unpaired) electrons.